The number of piperidine rings is 1. The van der Waals surface area contributed by atoms with E-state index in [4.69, 9.17) is 9.47 Å². The monoisotopic (exact) mass is 332 g/mol. The summed E-state index contributed by atoms with van der Waals surface area (Å²) in [6.07, 6.45) is 6.37. The lowest BCUT2D eigenvalue weighted by Crippen LogP contribution is -2.59. The smallest absolute Gasteiger partial charge is 0.123 e. The highest BCUT2D eigenvalue weighted by molar-refractivity contribution is 5.33. The minimum Gasteiger partial charge on any atom is -0.494 e. The van der Waals surface area contributed by atoms with Crippen molar-refractivity contribution in [3.8, 4) is 5.75 Å². The van der Waals surface area contributed by atoms with Gasteiger partial charge in [0.15, 0.2) is 0 Å². The number of hydrogen-bond acceptors (Lipinski definition) is 4. The maximum absolute atomic E-state index is 5.75. The first kappa shape index (κ1) is 17.7. The first-order valence-corrected chi connectivity index (χ1v) is 9.58. The van der Waals surface area contributed by atoms with Crippen molar-refractivity contribution in [3.05, 3.63) is 29.8 Å². The number of nitrogens with zero attached hydrogens (tertiary/aromatic N) is 1. The van der Waals surface area contributed by atoms with Gasteiger partial charge in [0.05, 0.1) is 6.61 Å². The molecule has 134 valence electrons. The summed E-state index contributed by atoms with van der Waals surface area (Å²) in [4.78, 5) is 2.74. The molecule has 0 amide bonds. The summed E-state index contributed by atoms with van der Waals surface area (Å²) in [6.45, 7) is 8.95. The Labute approximate surface area is 146 Å². The van der Waals surface area contributed by atoms with E-state index in [0.717, 1.165) is 44.9 Å². The van der Waals surface area contributed by atoms with E-state index < -0.39 is 0 Å². The molecule has 0 aromatic heterocycles. The average molecular weight is 332 g/mol. The number of nitrogens with one attached hydrogen (secondary N) is 1. The molecular weight excluding hydrogens is 300 g/mol. The summed E-state index contributed by atoms with van der Waals surface area (Å²) in [5.41, 5.74) is 1.53. The van der Waals surface area contributed by atoms with Gasteiger partial charge in [-0.15, -0.1) is 0 Å². The zero-order valence-electron chi connectivity index (χ0n) is 15.1. The van der Waals surface area contributed by atoms with Crippen molar-refractivity contribution in [1.29, 1.82) is 0 Å². The van der Waals surface area contributed by atoms with Crippen molar-refractivity contribution in [2.24, 2.45) is 0 Å². The van der Waals surface area contributed by atoms with Crippen LogP contribution in [0.25, 0.3) is 0 Å². The number of benzene rings is 1. The third kappa shape index (κ3) is 4.29. The van der Waals surface area contributed by atoms with Crippen LogP contribution in [-0.4, -0.2) is 49.9 Å². The molecule has 0 unspecified atom stereocenters. The molecule has 0 saturated carbocycles. The largest absolute Gasteiger partial charge is 0.494 e. The van der Waals surface area contributed by atoms with E-state index in [1.807, 2.05) is 13.0 Å². The van der Waals surface area contributed by atoms with Crippen LogP contribution in [-0.2, 0) is 11.3 Å². The van der Waals surface area contributed by atoms with Crippen molar-refractivity contribution in [1.82, 2.24) is 10.2 Å². The Morgan fingerprint density at radius 1 is 1.12 bits per heavy atom. The molecule has 0 radical (unpaired) electrons. The quantitative estimate of drug-likeness (QED) is 0.831. The molecule has 0 spiro atoms. The van der Waals surface area contributed by atoms with Crippen molar-refractivity contribution in [2.75, 3.05) is 39.5 Å². The molecule has 4 heteroatoms. The molecule has 2 aliphatic rings. The summed E-state index contributed by atoms with van der Waals surface area (Å²) in [5.74, 6) is 1.01. The van der Waals surface area contributed by atoms with E-state index in [1.165, 1.54) is 37.9 Å². The van der Waals surface area contributed by atoms with Crippen LogP contribution in [0.3, 0.4) is 0 Å². The Hall–Kier alpha value is -1.10. The highest BCUT2D eigenvalue weighted by Crippen LogP contribution is 2.30. The van der Waals surface area contributed by atoms with Crippen LogP contribution in [0, 0.1) is 0 Å². The fraction of sp³-hybridized carbons (Fsp3) is 0.700. The van der Waals surface area contributed by atoms with E-state index in [-0.39, 0.29) is 5.54 Å². The van der Waals surface area contributed by atoms with E-state index in [9.17, 15) is 0 Å². The second kappa shape index (κ2) is 8.84. The fourth-order valence-corrected chi connectivity index (χ4v) is 4.10. The molecule has 3 rings (SSSR count). The molecule has 2 fully saturated rings. The van der Waals surface area contributed by atoms with Gasteiger partial charge in [-0.05, 0) is 51.8 Å². The molecule has 0 bridgehead atoms. The van der Waals surface area contributed by atoms with Crippen LogP contribution in [0.4, 0.5) is 0 Å². The minimum atomic E-state index is 0.277. The predicted molar refractivity (Wildman–Crippen MR) is 97.5 cm³/mol. The number of para-hydroxylation sites is 1. The topological polar surface area (TPSA) is 33.7 Å². The molecule has 24 heavy (non-hydrogen) atoms. The van der Waals surface area contributed by atoms with Crippen LogP contribution in [0.2, 0.25) is 0 Å². The van der Waals surface area contributed by atoms with E-state index >= 15 is 0 Å². The third-order valence-corrected chi connectivity index (χ3v) is 5.49. The van der Waals surface area contributed by atoms with Gasteiger partial charge in [-0.3, -0.25) is 4.90 Å². The summed E-state index contributed by atoms with van der Waals surface area (Å²) in [7, 11) is 0. The molecule has 1 aromatic rings. The fourth-order valence-electron chi connectivity index (χ4n) is 4.10. The molecule has 2 heterocycles. The first-order chi connectivity index (χ1) is 11.8. The Morgan fingerprint density at radius 3 is 2.62 bits per heavy atom. The maximum Gasteiger partial charge on any atom is 0.123 e. The molecule has 1 aromatic carbocycles. The van der Waals surface area contributed by atoms with Crippen LogP contribution in [0.15, 0.2) is 24.3 Å². The molecule has 2 saturated heterocycles. The highest BCUT2D eigenvalue weighted by atomic mass is 16.5. The Morgan fingerprint density at radius 2 is 1.88 bits per heavy atom. The second-order valence-electron chi connectivity index (χ2n) is 7.03. The first-order valence-electron chi connectivity index (χ1n) is 9.58. The van der Waals surface area contributed by atoms with Crippen molar-refractivity contribution in [3.63, 3.8) is 0 Å². The van der Waals surface area contributed by atoms with Gasteiger partial charge in [0.25, 0.3) is 0 Å². The van der Waals surface area contributed by atoms with Gasteiger partial charge in [-0.2, -0.15) is 0 Å². The van der Waals surface area contributed by atoms with E-state index in [1.54, 1.807) is 0 Å². The Bertz CT molecular complexity index is 494. The van der Waals surface area contributed by atoms with E-state index in [2.05, 4.69) is 28.4 Å². The second-order valence-corrected chi connectivity index (χ2v) is 7.03. The van der Waals surface area contributed by atoms with Gasteiger partial charge < -0.3 is 14.8 Å². The average Bonchev–Trinajstić information content (AvgIpc) is 2.65. The SMILES string of the molecule is CCOc1ccccc1CNCC1(N2CCCCC2)CCOCC1. The summed E-state index contributed by atoms with van der Waals surface area (Å²) < 4.78 is 11.4. The molecule has 4 nitrogen and oxygen atoms in total. The third-order valence-electron chi connectivity index (χ3n) is 5.49. The van der Waals surface area contributed by atoms with Crippen LogP contribution >= 0.6 is 0 Å². The Kier molecular flexibility index (Phi) is 6.52. The highest BCUT2D eigenvalue weighted by Gasteiger charge is 2.38. The van der Waals surface area contributed by atoms with Gasteiger partial charge in [0, 0.05) is 37.4 Å². The normalized spacial score (nSPS) is 21.5. The van der Waals surface area contributed by atoms with Gasteiger partial charge >= 0.3 is 0 Å². The summed E-state index contributed by atoms with van der Waals surface area (Å²) in [6, 6.07) is 8.36. The molecule has 0 aliphatic carbocycles. The van der Waals surface area contributed by atoms with Gasteiger partial charge in [0.2, 0.25) is 0 Å². The summed E-state index contributed by atoms with van der Waals surface area (Å²) >= 11 is 0. The van der Waals surface area contributed by atoms with Gasteiger partial charge in [-0.25, -0.2) is 0 Å². The van der Waals surface area contributed by atoms with Gasteiger partial charge in [0.1, 0.15) is 5.75 Å². The van der Waals surface area contributed by atoms with E-state index in [0.29, 0.717) is 6.61 Å². The molecule has 1 N–H and O–H groups in total. The van der Waals surface area contributed by atoms with Gasteiger partial charge in [-0.1, -0.05) is 24.6 Å². The van der Waals surface area contributed by atoms with Crippen molar-refractivity contribution < 1.29 is 9.47 Å². The number of hydrogen-bond donors (Lipinski definition) is 1. The van der Waals surface area contributed by atoms with Crippen molar-refractivity contribution in [2.45, 2.75) is 51.1 Å². The predicted octanol–water partition coefficient (Wildman–Crippen LogP) is 3.21. The Balaban J connectivity index is 1.61. The lowest BCUT2D eigenvalue weighted by molar-refractivity contribution is -0.0358. The van der Waals surface area contributed by atoms with Crippen LogP contribution in [0.5, 0.6) is 5.75 Å². The zero-order chi connectivity index (χ0) is 16.7. The lowest BCUT2D eigenvalue weighted by atomic mass is 9.86. The number of likely N-dealkylation sites (tertiary alicyclic amines) is 1. The molecule has 2 aliphatic heterocycles. The molecule has 0 atom stereocenters. The zero-order valence-corrected chi connectivity index (χ0v) is 15.1. The van der Waals surface area contributed by atoms with Crippen LogP contribution < -0.4 is 10.1 Å². The molecular formula is C20H32N2O2. The standard InChI is InChI=1S/C20H32N2O2/c1-2-24-19-9-5-4-8-18(19)16-21-17-20(10-14-23-15-11-20)22-12-6-3-7-13-22/h4-5,8-9,21H,2-3,6-7,10-17H2,1H3. The summed E-state index contributed by atoms with van der Waals surface area (Å²) in [5, 5.41) is 3.73. The van der Waals surface area contributed by atoms with Crippen molar-refractivity contribution >= 4 is 0 Å². The lowest BCUT2D eigenvalue weighted by Gasteiger charge is -2.48. The maximum atomic E-state index is 5.75. The van der Waals surface area contributed by atoms with Crippen LogP contribution in [0.1, 0.15) is 44.6 Å². The number of rotatable bonds is 7. The number of ether oxygens (including phenoxy) is 2. The minimum absolute atomic E-state index is 0.277.